The molecule has 1 saturated heterocycles. The molecule has 3 heterocycles. The van der Waals surface area contributed by atoms with Gasteiger partial charge in [0.05, 0.1) is 25.1 Å². The molecule has 1 aliphatic heterocycles. The minimum absolute atomic E-state index is 0.188. The van der Waals surface area contributed by atoms with Gasteiger partial charge in [0, 0.05) is 24.5 Å². The van der Waals surface area contributed by atoms with E-state index in [-0.39, 0.29) is 4.88 Å². The second-order valence-electron chi connectivity index (χ2n) is 6.26. The largest absolute Gasteiger partial charge is 0.477 e. The lowest BCUT2D eigenvalue weighted by Gasteiger charge is -2.28. The first-order valence-corrected chi connectivity index (χ1v) is 10.2. The molecule has 1 fully saturated rings. The molecule has 10 heteroatoms. The SMILES string of the molecule is O=C(O)c1sccc1Nc1nc(Nc2ccc(N3CCOCC3)cc2)ncc1Cl. The standard InChI is InChI=1S/C19H18ClN5O3S/c20-14-11-21-19(24-17(14)23-15-5-10-29-16(15)18(26)27)22-12-1-3-13(4-2-12)25-6-8-28-9-7-25/h1-5,10-11H,6-9H2,(H,26,27)(H2,21,22,23,24). The molecule has 8 nitrogen and oxygen atoms in total. The number of carbonyl (C=O) groups is 1. The van der Waals surface area contributed by atoms with Crippen LogP contribution in [0.2, 0.25) is 5.02 Å². The molecule has 0 amide bonds. The van der Waals surface area contributed by atoms with Gasteiger partial charge in [0.15, 0.2) is 5.82 Å². The van der Waals surface area contributed by atoms with E-state index in [0.717, 1.165) is 49.0 Å². The zero-order valence-electron chi connectivity index (χ0n) is 15.3. The molecule has 2 aromatic heterocycles. The third-order valence-corrected chi connectivity index (χ3v) is 5.54. The van der Waals surface area contributed by atoms with Crippen LogP contribution in [0.15, 0.2) is 41.9 Å². The van der Waals surface area contributed by atoms with Crippen LogP contribution in [0.1, 0.15) is 9.67 Å². The number of benzene rings is 1. The molecule has 150 valence electrons. The normalized spacial score (nSPS) is 13.9. The Morgan fingerprint density at radius 2 is 1.93 bits per heavy atom. The van der Waals surface area contributed by atoms with E-state index in [4.69, 9.17) is 16.3 Å². The number of halogens is 1. The zero-order valence-corrected chi connectivity index (χ0v) is 16.8. The van der Waals surface area contributed by atoms with E-state index in [0.29, 0.717) is 22.5 Å². The number of morpholine rings is 1. The van der Waals surface area contributed by atoms with Crippen LogP contribution in [0, 0.1) is 0 Å². The highest BCUT2D eigenvalue weighted by molar-refractivity contribution is 7.12. The summed E-state index contributed by atoms with van der Waals surface area (Å²) in [5.74, 6) is -0.329. The fourth-order valence-corrected chi connectivity index (χ4v) is 3.75. The van der Waals surface area contributed by atoms with Crippen molar-refractivity contribution >= 4 is 57.7 Å². The number of hydrogen-bond acceptors (Lipinski definition) is 8. The van der Waals surface area contributed by atoms with Crippen molar-refractivity contribution in [1.29, 1.82) is 0 Å². The molecule has 3 N–H and O–H groups in total. The van der Waals surface area contributed by atoms with Gasteiger partial charge in [-0.05, 0) is 35.7 Å². The smallest absolute Gasteiger partial charge is 0.348 e. The van der Waals surface area contributed by atoms with E-state index in [1.54, 1.807) is 11.4 Å². The lowest BCUT2D eigenvalue weighted by molar-refractivity contribution is 0.0703. The average molecular weight is 432 g/mol. The Hall–Kier alpha value is -2.88. The van der Waals surface area contributed by atoms with Crippen molar-refractivity contribution in [1.82, 2.24) is 9.97 Å². The maximum Gasteiger partial charge on any atom is 0.348 e. The Labute approximate surface area is 176 Å². The molecule has 0 unspecified atom stereocenters. The first kappa shape index (κ1) is 19.4. The number of nitrogens with one attached hydrogen (secondary N) is 2. The molecular formula is C19H18ClN5O3S. The summed E-state index contributed by atoms with van der Waals surface area (Å²) in [6.07, 6.45) is 1.47. The predicted molar refractivity (Wildman–Crippen MR) is 114 cm³/mol. The highest BCUT2D eigenvalue weighted by Gasteiger charge is 2.15. The zero-order chi connectivity index (χ0) is 20.2. The quantitative estimate of drug-likeness (QED) is 0.533. The number of anilines is 5. The number of aromatic carboxylic acids is 1. The molecule has 1 aromatic carbocycles. The van der Waals surface area contributed by atoms with Gasteiger partial charge >= 0.3 is 5.97 Å². The van der Waals surface area contributed by atoms with Crippen molar-refractivity contribution in [2.75, 3.05) is 41.8 Å². The lowest BCUT2D eigenvalue weighted by Crippen LogP contribution is -2.36. The Bertz CT molecular complexity index is 1010. The summed E-state index contributed by atoms with van der Waals surface area (Å²) in [4.78, 5) is 22.3. The lowest BCUT2D eigenvalue weighted by atomic mass is 10.2. The van der Waals surface area contributed by atoms with Crippen LogP contribution in [0.5, 0.6) is 0 Å². The van der Waals surface area contributed by atoms with E-state index in [2.05, 4.69) is 25.5 Å². The first-order valence-electron chi connectivity index (χ1n) is 8.90. The Balaban J connectivity index is 1.48. The number of aromatic nitrogens is 2. The summed E-state index contributed by atoms with van der Waals surface area (Å²) < 4.78 is 5.38. The minimum atomic E-state index is -1.01. The summed E-state index contributed by atoms with van der Waals surface area (Å²) in [7, 11) is 0. The van der Waals surface area contributed by atoms with E-state index in [1.807, 2.05) is 24.3 Å². The number of ether oxygens (including phenoxy) is 1. The van der Waals surface area contributed by atoms with E-state index < -0.39 is 5.97 Å². The molecule has 4 rings (SSSR count). The van der Waals surface area contributed by atoms with Crippen LogP contribution < -0.4 is 15.5 Å². The van der Waals surface area contributed by atoms with Crippen LogP contribution in [0.4, 0.5) is 28.8 Å². The van der Waals surface area contributed by atoms with Crippen molar-refractivity contribution in [3.05, 3.63) is 51.8 Å². The van der Waals surface area contributed by atoms with Crippen molar-refractivity contribution < 1.29 is 14.6 Å². The highest BCUT2D eigenvalue weighted by Crippen LogP contribution is 2.29. The van der Waals surface area contributed by atoms with Crippen molar-refractivity contribution in [3.8, 4) is 0 Å². The fraction of sp³-hybridized carbons (Fsp3) is 0.211. The molecule has 0 spiro atoms. The minimum Gasteiger partial charge on any atom is -0.477 e. The monoisotopic (exact) mass is 431 g/mol. The van der Waals surface area contributed by atoms with Gasteiger partial charge in [-0.1, -0.05) is 11.6 Å². The summed E-state index contributed by atoms with van der Waals surface area (Å²) in [6.45, 7) is 3.23. The second-order valence-corrected chi connectivity index (χ2v) is 7.58. The van der Waals surface area contributed by atoms with Gasteiger partial charge in [0.2, 0.25) is 5.95 Å². The third-order valence-electron chi connectivity index (χ3n) is 4.36. The summed E-state index contributed by atoms with van der Waals surface area (Å²) in [5.41, 5.74) is 2.40. The molecular weight excluding hydrogens is 414 g/mol. The van der Waals surface area contributed by atoms with Gasteiger partial charge in [0.1, 0.15) is 9.90 Å². The summed E-state index contributed by atoms with van der Waals surface area (Å²) in [6, 6.07) is 9.65. The van der Waals surface area contributed by atoms with Gasteiger partial charge in [-0.25, -0.2) is 9.78 Å². The van der Waals surface area contributed by atoms with Crippen molar-refractivity contribution in [2.45, 2.75) is 0 Å². The van der Waals surface area contributed by atoms with Gasteiger partial charge in [-0.2, -0.15) is 4.98 Å². The highest BCUT2D eigenvalue weighted by atomic mass is 35.5. The number of rotatable bonds is 6. The fourth-order valence-electron chi connectivity index (χ4n) is 2.92. The number of hydrogen-bond donors (Lipinski definition) is 3. The van der Waals surface area contributed by atoms with E-state index >= 15 is 0 Å². The summed E-state index contributed by atoms with van der Waals surface area (Å²) in [5, 5.41) is 17.3. The molecule has 0 atom stereocenters. The van der Waals surface area contributed by atoms with Gasteiger partial charge in [0.25, 0.3) is 0 Å². The second kappa shape index (κ2) is 8.64. The molecule has 0 radical (unpaired) electrons. The maximum atomic E-state index is 11.3. The van der Waals surface area contributed by atoms with Crippen LogP contribution >= 0.6 is 22.9 Å². The van der Waals surface area contributed by atoms with E-state index in [9.17, 15) is 9.90 Å². The third kappa shape index (κ3) is 4.58. The van der Waals surface area contributed by atoms with Crippen LogP contribution in [0.25, 0.3) is 0 Å². The molecule has 1 aliphatic rings. The number of nitrogens with zero attached hydrogens (tertiary/aromatic N) is 3. The van der Waals surface area contributed by atoms with Crippen molar-refractivity contribution in [2.24, 2.45) is 0 Å². The summed E-state index contributed by atoms with van der Waals surface area (Å²) >= 11 is 7.31. The van der Waals surface area contributed by atoms with E-state index in [1.165, 1.54) is 6.20 Å². The maximum absolute atomic E-state index is 11.3. The molecule has 0 bridgehead atoms. The molecule has 0 aliphatic carbocycles. The number of carboxylic acids is 1. The number of thiophene rings is 1. The van der Waals surface area contributed by atoms with Gasteiger partial charge in [-0.3, -0.25) is 0 Å². The first-order chi connectivity index (χ1) is 14.1. The average Bonchev–Trinajstić information content (AvgIpc) is 3.20. The van der Waals surface area contributed by atoms with Crippen LogP contribution in [-0.4, -0.2) is 47.3 Å². The molecule has 29 heavy (non-hydrogen) atoms. The van der Waals surface area contributed by atoms with Crippen LogP contribution in [-0.2, 0) is 4.74 Å². The topological polar surface area (TPSA) is 99.6 Å². The van der Waals surface area contributed by atoms with Gasteiger partial charge < -0.3 is 25.4 Å². The van der Waals surface area contributed by atoms with Crippen molar-refractivity contribution in [3.63, 3.8) is 0 Å². The van der Waals surface area contributed by atoms with Crippen LogP contribution in [0.3, 0.4) is 0 Å². The number of carboxylic acid groups (broad SMARTS) is 1. The Morgan fingerprint density at radius 1 is 1.17 bits per heavy atom. The Morgan fingerprint density at radius 3 is 2.66 bits per heavy atom. The van der Waals surface area contributed by atoms with Gasteiger partial charge in [-0.15, -0.1) is 11.3 Å². The molecule has 0 saturated carbocycles. The predicted octanol–water partition coefficient (Wildman–Crippen LogP) is 4.21. The Kier molecular flexibility index (Phi) is 5.79. The molecule has 3 aromatic rings.